The third-order valence-electron chi connectivity index (χ3n) is 3.13. The molecule has 3 rings (SSSR count). The van der Waals surface area contributed by atoms with Crippen LogP contribution in [-0.4, -0.2) is 22.0 Å². The van der Waals surface area contributed by atoms with E-state index in [-0.39, 0.29) is 0 Å². The van der Waals surface area contributed by atoms with Gasteiger partial charge in [0.25, 0.3) is 0 Å². The van der Waals surface area contributed by atoms with Crippen LogP contribution in [0, 0.1) is 6.92 Å². The van der Waals surface area contributed by atoms with Gasteiger partial charge < -0.3 is 10.6 Å². The van der Waals surface area contributed by atoms with E-state index in [0.717, 1.165) is 27.8 Å². The molecule has 1 aromatic carbocycles. The second kappa shape index (κ2) is 5.13. The molecule has 0 aliphatic rings. The number of nitrogens with zero attached hydrogens (tertiary/aromatic N) is 3. The summed E-state index contributed by atoms with van der Waals surface area (Å²) in [7, 11) is 1.80. The molecule has 2 heterocycles. The highest BCUT2D eigenvalue weighted by atomic mass is 15.1. The van der Waals surface area contributed by atoms with E-state index in [1.807, 2.05) is 31.3 Å². The van der Waals surface area contributed by atoms with Crippen LogP contribution in [-0.2, 0) is 0 Å². The number of anilines is 3. The molecule has 0 fully saturated rings. The van der Waals surface area contributed by atoms with Crippen LogP contribution in [0.1, 0.15) is 5.56 Å². The summed E-state index contributed by atoms with van der Waals surface area (Å²) in [6, 6.07) is 8.09. The predicted octanol–water partition coefficient (Wildman–Crippen LogP) is 3.12. The van der Waals surface area contributed by atoms with Gasteiger partial charge in [-0.1, -0.05) is 12.1 Å². The van der Waals surface area contributed by atoms with Crippen molar-refractivity contribution in [1.82, 2.24) is 15.0 Å². The topological polar surface area (TPSA) is 62.7 Å². The van der Waals surface area contributed by atoms with Crippen LogP contribution in [0.3, 0.4) is 0 Å². The zero-order valence-electron chi connectivity index (χ0n) is 11.4. The van der Waals surface area contributed by atoms with Gasteiger partial charge in [-0.25, -0.2) is 4.98 Å². The van der Waals surface area contributed by atoms with E-state index in [2.05, 4.69) is 31.7 Å². The first-order chi connectivity index (χ1) is 9.78. The molecule has 0 saturated carbocycles. The number of hydrogen-bond donors (Lipinski definition) is 2. The number of rotatable bonds is 3. The quantitative estimate of drug-likeness (QED) is 0.761. The number of fused-ring (bicyclic) bond motifs is 1. The smallest absolute Gasteiger partial charge is 0.224 e. The molecule has 0 saturated heterocycles. The normalized spacial score (nSPS) is 10.5. The lowest BCUT2D eigenvalue weighted by Gasteiger charge is -2.11. The molecule has 0 amide bonds. The van der Waals surface area contributed by atoms with Gasteiger partial charge in [0, 0.05) is 42.3 Å². The number of aryl methyl sites for hydroxylation is 1. The molecule has 0 radical (unpaired) electrons. The van der Waals surface area contributed by atoms with E-state index in [0.29, 0.717) is 5.95 Å². The van der Waals surface area contributed by atoms with Gasteiger partial charge in [0.1, 0.15) is 5.82 Å². The van der Waals surface area contributed by atoms with Gasteiger partial charge >= 0.3 is 0 Å². The summed E-state index contributed by atoms with van der Waals surface area (Å²) in [4.78, 5) is 12.8. The molecule has 0 aliphatic carbocycles. The number of benzene rings is 1. The Bertz CT molecular complexity index is 749. The minimum Gasteiger partial charge on any atom is -0.357 e. The lowest BCUT2D eigenvalue weighted by Crippen LogP contribution is -2.02. The number of pyridine rings is 1. The molecule has 5 heteroatoms. The molecule has 0 spiro atoms. The van der Waals surface area contributed by atoms with Crippen LogP contribution in [0.15, 0.2) is 42.9 Å². The molecule has 2 aromatic heterocycles. The monoisotopic (exact) mass is 265 g/mol. The van der Waals surface area contributed by atoms with E-state index in [1.165, 1.54) is 0 Å². The molecular formula is C15H15N5. The maximum atomic E-state index is 4.44. The van der Waals surface area contributed by atoms with Gasteiger partial charge in [0.2, 0.25) is 5.95 Å². The first kappa shape index (κ1) is 12.3. The highest BCUT2D eigenvalue weighted by molar-refractivity contribution is 5.94. The molecule has 100 valence electrons. The maximum absolute atomic E-state index is 4.44. The molecule has 3 aromatic rings. The number of aromatic nitrogens is 3. The van der Waals surface area contributed by atoms with E-state index in [1.54, 1.807) is 19.4 Å². The van der Waals surface area contributed by atoms with Gasteiger partial charge in [-0.3, -0.25) is 4.98 Å². The second-order valence-electron chi connectivity index (χ2n) is 4.50. The van der Waals surface area contributed by atoms with Crippen molar-refractivity contribution < 1.29 is 0 Å². The molecule has 0 unspecified atom stereocenters. The van der Waals surface area contributed by atoms with Gasteiger partial charge in [-0.15, -0.1) is 0 Å². The van der Waals surface area contributed by atoms with Crippen LogP contribution in [0.4, 0.5) is 17.5 Å². The Morgan fingerprint density at radius 3 is 2.85 bits per heavy atom. The Morgan fingerprint density at radius 1 is 1.10 bits per heavy atom. The highest BCUT2D eigenvalue weighted by Crippen LogP contribution is 2.26. The molecule has 0 aliphatic heterocycles. The van der Waals surface area contributed by atoms with Crippen molar-refractivity contribution in [1.29, 1.82) is 0 Å². The molecule has 5 nitrogen and oxygen atoms in total. The fraction of sp³-hybridized carbons (Fsp3) is 0.133. The second-order valence-corrected chi connectivity index (χ2v) is 4.50. The van der Waals surface area contributed by atoms with Crippen molar-refractivity contribution in [2.24, 2.45) is 0 Å². The number of nitrogens with one attached hydrogen (secondary N) is 2. The fourth-order valence-electron chi connectivity index (χ4n) is 2.04. The molecule has 0 atom stereocenters. The Labute approximate surface area is 117 Å². The standard InChI is InChI=1S/C15H15N5/c1-10-8-18-15(16-2)20-14(10)19-13-5-3-4-11-6-7-17-9-12(11)13/h3-9H,1-2H3,(H2,16,18,19,20). The van der Waals surface area contributed by atoms with Crippen molar-refractivity contribution in [3.8, 4) is 0 Å². The van der Waals surface area contributed by atoms with Crippen molar-refractivity contribution in [3.05, 3.63) is 48.4 Å². The minimum atomic E-state index is 0.594. The van der Waals surface area contributed by atoms with Crippen LogP contribution in [0.2, 0.25) is 0 Å². The van der Waals surface area contributed by atoms with Crippen LogP contribution in [0.25, 0.3) is 10.8 Å². The van der Waals surface area contributed by atoms with E-state index in [9.17, 15) is 0 Å². The Balaban J connectivity index is 2.05. The Morgan fingerprint density at radius 2 is 2.00 bits per heavy atom. The van der Waals surface area contributed by atoms with Crippen LogP contribution >= 0.6 is 0 Å². The zero-order chi connectivity index (χ0) is 13.9. The summed E-state index contributed by atoms with van der Waals surface area (Å²) in [5.74, 6) is 1.39. The van der Waals surface area contributed by atoms with E-state index < -0.39 is 0 Å². The largest absolute Gasteiger partial charge is 0.357 e. The number of hydrogen-bond acceptors (Lipinski definition) is 5. The lowest BCUT2D eigenvalue weighted by molar-refractivity contribution is 1.12. The van der Waals surface area contributed by atoms with Gasteiger partial charge in [0.05, 0.1) is 0 Å². The summed E-state index contributed by atoms with van der Waals surface area (Å²) in [5.41, 5.74) is 1.98. The molecule has 0 bridgehead atoms. The summed E-state index contributed by atoms with van der Waals surface area (Å²) in [6.45, 7) is 1.98. The van der Waals surface area contributed by atoms with Crippen molar-refractivity contribution in [3.63, 3.8) is 0 Å². The minimum absolute atomic E-state index is 0.594. The predicted molar refractivity (Wildman–Crippen MR) is 81.3 cm³/mol. The average molecular weight is 265 g/mol. The molecule has 20 heavy (non-hydrogen) atoms. The Hall–Kier alpha value is -2.69. The third kappa shape index (κ3) is 2.25. The van der Waals surface area contributed by atoms with E-state index >= 15 is 0 Å². The maximum Gasteiger partial charge on any atom is 0.224 e. The lowest BCUT2D eigenvalue weighted by atomic mass is 10.1. The average Bonchev–Trinajstić information content (AvgIpc) is 2.50. The first-order valence-electron chi connectivity index (χ1n) is 6.39. The molecule has 2 N–H and O–H groups in total. The highest BCUT2D eigenvalue weighted by Gasteiger charge is 2.06. The molecular weight excluding hydrogens is 250 g/mol. The van der Waals surface area contributed by atoms with Crippen LogP contribution in [0.5, 0.6) is 0 Å². The van der Waals surface area contributed by atoms with Gasteiger partial charge in [-0.05, 0) is 24.4 Å². The van der Waals surface area contributed by atoms with Gasteiger partial charge in [-0.2, -0.15) is 4.98 Å². The fourth-order valence-corrected chi connectivity index (χ4v) is 2.04. The Kier molecular flexibility index (Phi) is 3.16. The summed E-state index contributed by atoms with van der Waals surface area (Å²) >= 11 is 0. The van der Waals surface area contributed by atoms with Crippen molar-refractivity contribution in [2.45, 2.75) is 6.92 Å². The third-order valence-corrected chi connectivity index (χ3v) is 3.13. The summed E-state index contributed by atoms with van der Waals surface area (Å²) in [6.07, 6.45) is 5.44. The summed E-state index contributed by atoms with van der Waals surface area (Å²) < 4.78 is 0. The van der Waals surface area contributed by atoms with Crippen molar-refractivity contribution in [2.75, 3.05) is 17.7 Å². The van der Waals surface area contributed by atoms with E-state index in [4.69, 9.17) is 0 Å². The first-order valence-corrected chi connectivity index (χ1v) is 6.39. The van der Waals surface area contributed by atoms with Crippen molar-refractivity contribution >= 4 is 28.2 Å². The van der Waals surface area contributed by atoms with Gasteiger partial charge in [0.15, 0.2) is 0 Å². The summed E-state index contributed by atoms with van der Waals surface area (Å²) in [5, 5.41) is 8.51. The van der Waals surface area contributed by atoms with Crippen LogP contribution < -0.4 is 10.6 Å². The zero-order valence-corrected chi connectivity index (χ0v) is 11.4. The SMILES string of the molecule is CNc1ncc(C)c(Nc2cccc3ccncc23)n1.